The Hall–Kier alpha value is -2.01. The monoisotopic (exact) mass is 291 g/mol. The van der Waals surface area contributed by atoms with Crippen molar-refractivity contribution in [2.45, 2.75) is 12.5 Å². The number of nitrogens with zero attached hydrogens (tertiary/aromatic N) is 1. The molecule has 21 heavy (non-hydrogen) atoms. The Bertz CT molecular complexity index is 527. The van der Waals surface area contributed by atoms with E-state index in [1.54, 1.807) is 38.4 Å². The van der Waals surface area contributed by atoms with Crippen LogP contribution in [0.3, 0.4) is 0 Å². The molecule has 1 amide bonds. The second-order valence-electron chi connectivity index (χ2n) is 4.87. The van der Waals surface area contributed by atoms with Gasteiger partial charge in [0, 0.05) is 31.8 Å². The van der Waals surface area contributed by atoms with E-state index in [1.165, 1.54) is 0 Å². The second kappa shape index (κ2) is 7.13. The van der Waals surface area contributed by atoms with Crippen molar-refractivity contribution in [2.24, 2.45) is 0 Å². The van der Waals surface area contributed by atoms with Gasteiger partial charge in [0.05, 0.1) is 20.3 Å². The number of carbonyl (C=O) groups excluding carboxylic acids is 1. The number of benzene rings is 1. The van der Waals surface area contributed by atoms with Gasteiger partial charge in [0.2, 0.25) is 5.91 Å². The second-order valence-corrected chi connectivity index (χ2v) is 4.87. The number of hydrogen-bond donors (Lipinski definition) is 0. The van der Waals surface area contributed by atoms with Crippen molar-refractivity contribution in [1.29, 1.82) is 0 Å². The summed E-state index contributed by atoms with van der Waals surface area (Å²) in [7, 11) is 4.88. The Labute approximate surface area is 125 Å². The van der Waals surface area contributed by atoms with Gasteiger partial charge >= 0.3 is 0 Å². The zero-order chi connectivity index (χ0) is 15.2. The maximum atomic E-state index is 12.1. The molecule has 1 fully saturated rings. The fourth-order valence-corrected chi connectivity index (χ4v) is 2.36. The molecule has 0 N–H and O–H groups in total. The molecule has 1 aliphatic rings. The van der Waals surface area contributed by atoms with Crippen LogP contribution >= 0.6 is 0 Å². The first-order chi connectivity index (χ1) is 10.2. The van der Waals surface area contributed by atoms with E-state index in [2.05, 4.69) is 0 Å². The zero-order valence-electron chi connectivity index (χ0n) is 12.7. The van der Waals surface area contributed by atoms with Gasteiger partial charge in [0.25, 0.3) is 0 Å². The maximum absolute atomic E-state index is 12.1. The van der Waals surface area contributed by atoms with E-state index in [4.69, 9.17) is 14.2 Å². The number of ether oxygens (including phenoxy) is 3. The van der Waals surface area contributed by atoms with Gasteiger partial charge in [-0.15, -0.1) is 0 Å². The van der Waals surface area contributed by atoms with Crippen LogP contribution in [0.15, 0.2) is 24.3 Å². The van der Waals surface area contributed by atoms with E-state index in [-0.39, 0.29) is 12.0 Å². The van der Waals surface area contributed by atoms with Crippen LogP contribution in [0.1, 0.15) is 12.0 Å². The third kappa shape index (κ3) is 3.76. The molecule has 1 heterocycles. The first-order valence-corrected chi connectivity index (χ1v) is 6.89. The summed E-state index contributed by atoms with van der Waals surface area (Å²) >= 11 is 0. The fraction of sp³-hybridized carbons (Fsp3) is 0.438. The van der Waals surface area contributed by atoms with E-state index in [9.17, 15) is 4.79 Å². The van der Waals surface area contributed by atoms with Crippen LogP contribution in [-0.2, 0) is 9.53 Å². The predicted octanol–water partition coefficient (Wildman–Crippen LogP) is 1.96. The highest BCUT2D eigenvalue weighted by Crippen LogP contribution is 2.25. The minimum absolute atomic E-state index is 0.0144. The van der Waals surface area contributed by atoms with Crippen molar-refractivity contribution in [3.8, 4) is 11.5 Å². The SMILES string of the molecule is COc1ccc(OC)c(/C=C/C(=O)N2CCC(OC)C2)c1. The molecule has 0 radical (unpaired) electrons. The standard InChI is InChI=1S/C16H21NO4/c1-19-13-5-6-15(21-3)12(10-13)4-7-16(18)17-9-8-14(11-17)20-2/h4-7,10,14H,8-9,11H2,1-3H3/b7-4+. The smallest absolute Gasteiger partial charge is 0.246 e. The fourth-order valence-electron chi connectivity index (χ4n) is 2.36. The summed E-state index contributed by atoms with van der Waals surface area (Å²) in [5, 5.41) is 0. The number of hydrogen-bond acceptors (Lipinski definition) is 4. The molecule has 114 valence electrons. The molecule has 0 aromatic heterocycles. The average Bonchev–Trinajstić information content (AvgIpc) is 3.01. The lowest BCUT2D eigenvalue weighted by Gasteiger charge is -2.13. The maximum Gasteiger partial charge on any atom is 0.246 e. The Morgan fingerprint density at radius 3 is 2.71 bits per heavy atom. The van der Waals surface area contributed by atoms with Crippen molar-refractivity contribution < 1.29 is 19.0 Å². The van der Waals surface area contributed by atoms with Crippen molar-refractivity contribution in [2.75, 3.05) is 34.4 Å². The first kappa shape index (κ1) is 15.4. The summed E-state index contributed by atoms with van der Waals surface area (Å²) in [6.45, 7) is 1.38. The Balaban J connectivity index is 2.08. The van der Waals surface area contributed by atoms with Gasteiger partial charge in [0.1, 0.15) is 11.5 Å². The Morgan fingerprint density at radius 1 is 1.29 bits per heavy atom. The molecule has 5 nitrogen and oxygen atoms in total. The Kier molecular flexibility index (Phi) is 5.22. The van der Waals surface area contributed by atoms with E-state index in [0.29, 0.717) is 12.3 Å². The van der Waals surface area contributed by atoms with Gasteiger partial charge in [0.15, 0.2) is 0 Å². The molecule has 2 rings (SSSR count). The molecule has 5 heteroatoms. The number of amides is 1. The zero-order valence-corrected chi connectivity index (χ0v) is 12.7. The van der Waals surface area contributed by atoms with Crippen LogP contribution in [-0.4, -0.2) is 51.3 Å². The molecule has 1 aromatic carbocycles. The van der Waals surface area contributed by atoms with Crippen LogP contribution in [0.2, 0.25) is 0 Å². The van der Waals surface area contributed by atoms with Gasteiger partial charge in [-0.25, -0.2) is 0 Å². The highest BCUT2D eigenvalue weighted by molar-refractivity contribution is 5.92. The van der Waals surface area contributed by atoms with Gasteiger partial charge in [-0.2, -0.15) is 0 Å². The number of carbonyl (C=O) groups is 1. The van der Waals surface area contributed by atoms with Gasteiger partial charge in [-0.3, -0.25) is 4.79 Å². The highest BCUT2D eigenvalue weighted by Gasteiger charge is 2.24. The lowest BCUT2D eigenvalue weighted by molar-refractivity contribution is -0.125. The summed E-state index contributed by atoms with van der Waals surface area (Å²) in [4.78, 5) is 13.9. The largest absolute Gasteiger partial charge is 0.497 e. The molecule has 0 aliphatic carbocycles. The van der Waals surface area contributed by atoms with Crippen molar-refractivity contribution in [3.63, 3.8) is 0 Å². The van der Waals surface area contributed by atoms with Crippen LogP contribution in [0.4, 0.5) is 0 Å². The molecular weight excluding hydrogens is 270 g/mol. The molecule has 1 aliphatic heterocycles. The summed E-state index contributed by atoms with van der Waals surface area (Å²) in [5.74, 6) is 1.42. The van der Waals surface area contributed by atoms with Gasteiger partial charge in [-0.05, 0) is 30.7 Å². The molecular formula is C16H21NO4. The topological polar surface area (TPSA) is 48.0 Å². The summed E-state index contributed by atoms with van der Waals surface area (Å²) in [5.41, 5.74) is 0.813. The van der Waals surface area contributed by atoms with Crippen molar-refractivity contribution in [1.82, 2.24) is 4.90 Å². The Morgan fingerprint density at radius 2 is 2.10 bits per heavy atom. The van der Waals surface area contributed by atoms with E-state index in [1.807, 2.05) is 18.2 Å². The van der Waals surface area contributed by atoms with E-state index < -0.39 is 0 Å². The van der Waals surface area contributed by atoms with E-state index >= 15 is 0 Å². The first-order valence-electron chi connectivity index (χ1n) is 6.89. The number of rotatable bonds is 5. The highest BCUT2D eigenvalue weighted by atomic mass is 16.5. The quantitative estimate of drug-likeness (QED) is 0.778. The lowest BCUT2D eigenvalue weighted by Crippen LogP contribution is -2.28. The molecule has 1 atom stereocenters. The number of methoxy groups -OCH3 is 3. The molecule has 1 unspecified atom stereocenters. The normalized spacial score (nSPS) is 18.2. The van der Waals surface area contributed by atoms with Gasteiger partial charge in [-0.1, -0.05) is 0 Å². The van der Waals surface area contributed by atoms with Crippen molar-refractivity contribution >= 4 is 12.0 Å². The average molecular weight is 291 g/mol. The molecule has 0 spiro atoms. The summed E-state index contributed by atoms with van der Waals surface area (Å²) in [6, 6.07) is 5.48. The third-order valence-corrected chi connectivity index (χ3v) is 3.63. The summed E-state index contributed by atoms with van der Waals surface area (Å²) in [6.07, 6.45) is 4.35. The lowest BCUT2D eigenvalue weighted by atomic mass is 10.1. The molecule has 0 saturated carbocycles. The van der Waals surface area contributed by atoms with Crippen LogP contribution < -0.4 is 9.47 Å². The van der Waals surface area contributed by atoms with Gasteiger partial charge < -0.3 is 19.1 Å². The molecule has 0 bridgehead atoms. The predicted molar refractivity (Wildman–Crippen MR) is 80.6 cm³/mol. The minimum atomic E-state index is -0.0144. The van der Waals surface area contributed by atoms with Crippen molar-refractivity contribution in [3.05, 3.63) is 29.8 Å². The van der Waals surface area contributed by atoms with Crippen LogP contribution in [0.25, 0.3) is 6.08 Å². The molecule has 1 saturated heterocycles. The molecule has 1 aromatic rings. The number of likely N-dealkylation sites (tertiary alicyclic amines) is 1. The third-order valence-electron chi connectivity index (χ3n) is 3.63. The van der Waals surface area contributed by atoms with Crippen LogP contribution in [0, 0.1) is 0 Å². The van der Waals surface area contributed by atoms with E-state index in [0.717, 1.165) is 24.3 Å². The summed E-state index contributed by atoms with van der Waals surface area (Å²) < 4.78 is 15.7. The minimum Gasteiger partial charge on any atom is -0.497 e. The van der Waals surface area contributed by atoms with Crippen LogP contribution in [0.5, 0.6) is 11.5 Å².